The Morgan fingerprint density at radius 3 is 3.05 bits per heavy atom. The minimum atomic E-state index is -3.54. The van der Waals surface area contributed by atoms with Crippen molar-refractivity contribution in [2.45, 2.75) is 23.8 Å². The van der Waals surface area contributed by atoms with Gasteiger partial charge in [0, 0.05) is 35.7 Å². The van der Waals surface area contributed by atoms with Gasteiger partial charge in [-0.25, -0.2) is 18.1 Å². The second-order valence-corrected chi connectivity index (χ2v) is 8.19. The van der Waals surface area contributed by atoms with Crippen molar-refractivity contribution in [2.24, 2.45) is 0 Å². The molecule has 0 radical (unpaired) electrons. The van der Waals surface area contributed by atoms with Gasteiger partial charge >= 0.3 is 0 Å². The molecule has 1 aliphatic rings. The average Bonchev–Trinajstić information content (AvgIpc) is 3.16. The highest BCUT2D eigenvalue weighted by Crippen LogP contribution is 2.27. The van der Waals surface area contributed by atoms with Crippen molar-refractivity contribution in [2.75, 3.05) is 18.0 Å². The number of hydrogen-bond donors (Lipinski definition) is 1. The molecular formula is C14H16ClN3O2S2. The van der Waals surface area contributed by atoms with E-state index in [9.17, 15) is 8.42 Å². The maximum absolute atomic E-state index is 12.3. The van der Waals surface area contributed by atoms with Gasteiger partial charge in [0.1, 0.15) is 0 Å². The first-order chi connectivity index (χ1) is 10.6. The summed E-state index contributed by atoms with van der Waals surface area (Å²) >= 11 is 7.44. The molecule has 0 amide bonds. The third kappa shape index (κ3) is 3.43. The molecule has 0 aliphatic carbocycles. The van der Waals surface area contributed by atoms with Crippen LogP contribution < -0.4 is 9.62 Å². The normalized spacial score (nSPS) is 18.8. The predicted octanol–water partition coefficient (Wildman–Crippen LogP) is 2.74. The van der Waals surface area contributed by atoms with Crippen molar-refractivity contribution in [1.82, 2.24) is 9.71 Å². The van der Waals surface area contributed by atoms with Crippen molar-refractivity contribution in [3.05, 3.63) is 40.9 Å². The van der Waals surface area contributed by atoms with Crippen molar-refractivity contribution < 1.29 is 8.42 Å². The lowest BCUT2D eigenvalue weighted by atomic mass is 10.2. The highest BCUT2D eigenvalue weighted by molar-refractivity contribution is 7.89. The van der Waals surface area contributed by atoms with Gasteiger partial charge in [-0.15, -0.1) is 11.3 Å². The largest absolute Gasteiger partial charge is 0.344 e. The van der Waals surface area contributed by atoms with Gasteiger partial charge in [0.25, 0.3) is 0 Å². The van der Waals surface area contributed by atoms with E-state index in [0.29, 0.717) is 11.6 Å². The fourth-order valence-electron chi connectivity index (χ4n) is 2.58. The number of aromatic nitrogens is 1. The number of benzene rings is 1. The molecule has 1 aromatic heterocycles. The van der Waals surface area contributed by atoms with Crippen LogP contribution in [0.3, 0.4) is 0 Å². The molecule has 22 heavy (non-hydrogen) atoms. The third-order valence-electron chi connectivity index (χ3n) is 3.66. The predicted molar refractivity (Wildman–Crippen MR) is 89.1 cm³/mol. The van der Waals surface area contributed by atoms with E-state index in [0.717, 1.165) is 24.5 Å². The Bertz CT molecular complexity index is 734. The Hall–Kier alpha value is -1.15. The van der Waals surface area contributed by atoms with E-state index in [-0.39, 0.29) is 10.9 Å². The standard InChI is InChI=1S/C14H16ClN3O2S2/c15-11-3-1-5-13(9-11)22(19,20)17-10-12-4-2-7-18(12)14-16-6-8-21-14/h1,3,5-6,8-9,12,17H,2,4,7,10H2/t12-/m1/s1. The summed E-state index contributed by atoms with van der Waals surface area (Å²) in [6.45, 7) is 1.28. The van der Waals surface area contributed by atoms with Crippen molar-refractivity contribution >= 4 is 38.1 Å². The van der Waals surface area contributed by atoms with E-state index < -0.39 is 10.0 Å². The second kappa shape index (κ2) is 6.54. The molecule has 1 atom stereocenters. The van der Waals surface area contributed by atoms with E-state index in [4.69, 9.17) is 11.6 Å². The Labute approximate surface area is 139 Å². The van der Waals surface area contributed by atoms with Crippen LogP contribution >= 0.6 is 22.9 Å². The minimum Gasteiger partial charge on any atom is -0.344 e. The third-order valence-corrected chi connectivity index (χ3v) is 6.12. The van der Waals surface area contributed by atoms with Crippen LogP contribution in [0.2, 0.25) is 5.02 Å². The van der Waals surface area contributed by atoms with E-state index in [1.54, 1.807) is 35.7 Å². The number of anilines is 1. The van der Waals surface area contributed by atoms with Crippen LogP contribution in [0.1, 0.15) is 12.8 Å². The van der Waals surface area contributed by atoms with Gasteiger partial charge in [0.05, 0.1) is 4.90 Å². The molecule has 0 unspecified atom stereocenters. The zero-order valence-electron chi connectivity index (χ0n) is 11.8. The zero-order valence-corrected chi connectivity index (χ0v) is 14.2. The van der Waals surface area contributed by atoms with Gasteiger partial charge in [-0.05, 0) is 31.0 Å². The molecule has 1 N–H and O–H groups in total. The number of halogens is 1. The maximum atomic E-state index is 12.3. The molecule has 5 nitrogen and oxygen atoms in total. The van der Waals surface area contributed by atoms with Gasteiger partial charge in [-0.3, -0.25) is 0 Å². The Kier molecular flexibility index (Phi) is 4.67. The molecule has 1 fully saturated rings. The summed E-state index contributed by atoms with van der Waals surface area (Å²) in [7, 11) is -3.54. The molecule has 1 saturated heterocycles. The molecule has 118 valence electrons. The van der Waals surface area contributed by atoms with Gasteiger partial charge in [0.15, 0.2) is 5.13 Å². The van der Waals surface area contributed by atoms with Gasteiger partial charge < -0.3 is 4.90 Å². The monoisotopic (exact) mass is 357 g/mol. The molecule has 0 saturated carbocycles. The van der Waals surface area contributed by atoms with Crippen molar-refractivity contribution in [1.29, 1.82) is 0 Å². The second-order valence-electron chi connectivity index (χ2n) is 5.11. The summed E-state index contributed by atoms with van der Waals surface area (Å²) in [5, 5.41) is 3.29. The SMILES string of the molecule is O=S(=O)(NC[C@H]1CCCN1c1nccs1)c1cccc(Cl)c1. The first-order valence-electron chi connectivity index (χ1n) is 6.97. The van der Waals surface area contributed by atoms with Crippen LogP contribution in [-0.2, 0) is 10.0 Å². The summed E-state index contributed by atoms with van der Waals surface area (Å²) < 4.78 is 27.4. The summed E-state index contributed by atoms with van der Waals surface area (Å²) in [6, 6.07) is 6.43. The molecule has 1 aromatic carbocycles. The van der Waals surface area contributed by atoms with Crippen molar-refractivity contribution in [3.63, 3.8) is 0 Å². The topological polar surface area (TPSA) is 62.3 Å². The molecule has 0 bridgehead atoms. The number of hydrogen-bond acceptors (Lipinski definition) is 5. The Morgan fingerprint density at radius 1 is 1.45 bits per heavy atom. The fraction of sp³-hybridized carbons (Fsp3) is 0.357. The first-order valence-corrected chi connectivity index (χ1v) is 9.72. The molecule has 2 aromatic rings. The van der Waals surface area contributed by atoms with Gasteiger partial charge in [-0.2, -0.15) is 0 Å². The Balaban J connectivity index is 1.69. The van der Waals surface area contributed by atoms with Gasteiger partial charge in [-0.1, -0.05) is 17.7 Å². The number of sulfonamides is 1. The molecule has 8 heteroatoms. The first kappa shape index (κ1) is 15.7. The zero-order chi connectivity index (χ0) is 15.6. The fourth-order valence-corrected chi connectivity index (χ4v) is 4.70. The number of thiazole rings is 1. The highest BCUT2D eigenvalue weighted by atomic mass is 35.5. The Morgan fingerprint density at radius 2 is 2.32 bits per heavy atom. The lowest BCUT2D eigenvalue weighted by Gasteiger charge is -2.24. The minimum absolute atomic E-state index is 0.139. The molecule has 1 aliphatic heterocycles. The van der Waals surface area contributed by atoms with E-state index in [1.807, 2.05) is 5.38 Å². The van der Waals surface area contributed by atoms with Crippen molar-refractivity contribution in [3.8, 4) is 0 Å². The number of nitrogens with one attached hydrogen (secondary N) is 1. The summed E-state index contributed by atoms with van der Waals surface area (Å²) in [6.07, 6.45) is 3.77. The quantitative estimate of drug-likeness (QED) is 0.893. The number of rotatable bonds is 5. The van der Waals surface area contributed by atoms with Gasteiger partial charge in [0.2, 0.25) is 10.0 Å². The van der Waals surface area contributed by atoms with Crippen LogP contribution in [-0.4, -0.2) is 32.5 Å². The lowest BCUT2D eigenvalue weighted by Crippen LogP contribution is -2.40. The highest BCUT2D eigenvalue weighted by Gasteiger charge is 2.27. The molecule has 0 spiro atoms. The summed E-state index contributed by atoms with van der Waals surface area (Å²) in [4.78, 5) is 6.68. The van der Waals surface area contributed by atoms with E-state index in [2.05, 4.69) is 14.6 Å². The molecular weight excluding hydrogens is 342 g/mol. The van der Waals surface area contributed by atoms with Crippen LogP contribution in [0, 0.1) is 0 Å². The van der Waals surface area contributed by atoms with Crippen LogP contribution in [0.25, 0.3) is 0 Å². The van der Waals surface area contributed by atoms with E-state index >= 15 is 0 Å². The van der Waals surface area contributed by atoms with E-state index in [1.165, 1.54) is 6.07 Å². The lowest BCUT2D eigenvalue weighted by molar-refractivity contribution is 0.567. The van der Waals surface area contributed by atoms with Crippen LogP contribution in [0.4, 0.5) is 5.13 Å². The average molecular weight is 358 g/mol. The number of nitrogens with zero attached hydrogens (tertiary/aromatic N) is 2. The summed E-state index contributed by atoms with van der Waals surface area (Å²) in [5.74, 6) is 0. The maximum Gasteiger partial charge on any atom is 0.240 e. The molecule has 3 rings (SSSR count). The van der Waals surface area contributed by atoms with Crippen LogP contribution in [0.15, 0.2) is 40.7 Å². The van der Waals surface area contributed by atoms with Crippen LogP contribution in [0.5, 0.6) is 0 Å². The smallest absolute Gasteiger partial charge is 0.240 e. The summed E-state index contributed by atoms with van der Waals surface area (Å²) in [5.41, 5.74) is 0. The molecule has 2 heterocycles.